The van der Waals surface area contributed by atoms with Crippen molar-refractivity contribution in [2.75, 3.05) is 13.6 Å². The molecule has 0 spiro atoms. The summed E-state index contributed by atoms with van der Waals surface area (Å²) in [7, 11) is 2.17. The van der Waals surface area contributed by atoms with E-state index in [1.807, 2.05) is 0 Å². The van der Waals surface area contributed by atoms with Gasteiger partial charge in [-0.25, -0.2) is 0 Å². The van der Waals surface area contributed by atoms with Gasteiger partial charge in [0.05, 0.1) is 0 Å². The molecule has 0 bridgehead atoms. The van der Waals surface area contributed by atoms with Gasteiger partial charge in [-0.1, -0.05) is 60.5 Å². The van der Waals surface area contributed by atoms with E-state index in [0.29, 0.717) is 5.92 Å². The Labute approximate surface area is 103 Å². The van der Waals surface area contributed by atoms with Gasteiger partial charge in [-0.05, 0) is 17.8 Å². The molecule has 0 aromatic carbocycles. The second kappa shape index (κ2) is 7.76. The second-order valence-electron chi connectivity index (χ2n) is 5.62. The second-order valence-corrected chi connectivity index (χ2v) is 5.62. The molecule has 0 aliphatic heterocycles. The Bertz CT molecular complexity index is 196. The topological polar surface area (TPSA) is 3.24 Å². The molecule has 1 heteroatoms. The Balaban J connectivity index is 4.02. The molecule has 96 valence electrons. The molecule has 0 aromatic heterocycles. The van der Waals surface area contributed by atoms with E-state index in [-0.39, 0.29) is 0 Å². The fraction of sp³-hybridized carbons (Fsp3) is 0.867. The molecule has 0 N–H and O–H groups in total. The van der Waals surface area contributed by atoms with E-state index in [9.17, 15) is 0 Å². The smallest absolute Gasteiger partial charge is 0.0199 e. The SMILES string of the molecule is C=C(C(C)C)N(C)CC(C)C(C)CCCC. The largest absolute Gasteiger partial charge is 0.378 e. The Morgan fingerprint density at radius 3 is 2.12 bits per heavy atom. The molecule has 1 nitrogen and oxygen atoms in total. The maximum absolute atomic E-state index is 4.15. The molecule has 0 saturated heterocycles. The van der Waals surface area contributed by atoms with Gasteiger partial charge in [0.25, 0.3) is 0 Å². The molecule has 0 radical (unpaired) electrons. The zero-order valence-corrected chi connectivity index (χ0v) is 12.2. The molecular weight excluding hydrogens is 194 g/mol. The fourth-order valence-electron chi connectivity index (χ4n) is 1.98. The number of rotatable bonds is 8. The van der Waals surface area contributed by atoms with Crippen molar-refractivity contribution in [2.45, 2.75) is 53.9 Å². The first kappa shape index (κ1) is 15.5. The summed E-state index contributed by atoms with van der Waals surface area (Å²) >= 11 is 0. The first-order valence-corrected chi connectivity index (χ1v) is 6.80. The van der Waals surface area contributed by atoms with Gasteiger partial charge in [0.1, 0.15) is 0 Å². The molecule has 0 rings (SSSR count). The van der Waals surface area contributed by atoms with Crippen LogP contribution in [0.1, 0.15) is 53.9 Å². The summed E-state index contributed by atoms with van der Waals surface area (Å²) < 4.78 is 0. The van der Waals surface area contributed by atoms with Crippen LogP contribution in [0.3, 0.4) is 0 Å². The summed E-state index contributed by atoms with van der Waals surface area (Å²) in [5.41, 5.74) is 1.26. The monoisotopic (exact) mass is 225 g/mol. The number of hydrogen-bond donors (Lipinski definition) is 0. The lowest BCUT2D eigenvalue weighted by Crippen LogP contribution is -2.28. The van der Waals surface area contributed by atoms with Crippen molar-refractivity contribution in [3.8, 4) is 0 Å². The van der Waals surface area contributed by atoms with Crippen LogP contribution >= 0.6 is 0 Å². The number of allylic oxidation sites excluding steroid dienone is 1. The van der Waals surface area contributed by atoms with E-state index in [1.165, 1.54) is 25.0 Å². The van der Waals surface area contributed by atoms with Crippen LogP contribution in [-0.2, 0) is 0 Å². The van der Waals surface area contributed by atoms with E-state index in [0.717, 1.165) is 18.4 Å². The summed E-state index contributed by atoms with van der Waals surface area (Å²) in [6.07, 6.45) is 4.03. The summed E-state index contributed by atoms with van der Waals surface area (Å²) in [6, 6.07) is 0. The Hall–Kier alpha value is -0.460. The highest BCUT2D eigenvalue weighted by Crippen LogP contribution is 2.21. The summed E-state index contributed by atoms with van der Waals surface area (Å²) in [6.45, 7) is 16.7. The molecule has 0 saturated carbocycles. The van der Waals surface area contributed by atoms with E-state index >= 15 is 0 Å². The van der Waals surface area contributed by atoms with Gasteiger partial charge < -0.3 is 4.90 Å². The van der Waals surface area contributed by atoms with Gasteiger partial charge in [0, 0.05) is 19.3 Å². The Morgan fingerprint density at radius 2 is 1.69 bits per heavy atom. The molecule has 0 aromatic rings. The van der Waals surface area contributed by atoms with Crippen LogP contribution in [0.5, 0.6) is 0 Å². The predicted molar refractivity (Wildman–Crippen MR) is 74.5 cm³/mol. The first-order valence-electron chi connectivity index (χ1n) is 6.80. The number of nitrogens with zero attached hydrogens (tertiary/aromatic N) is 1. The highest BCUT2D eigenvalue weighted by molar-refractivity contribution is 4.96. The number of unbranched alkanes of at least 4 members (excludes halogenated alkanes) is 1. The van der Waals surface area contributed by atoms with Gasteiger partial charge in [0.15, 0.2) is 0 Å². The minimum Gasteiger partial charge on any atom is -0.378 e. The van der Waals surface area contributed by atoms with Crippen molar-refractivity contribution < 1.29 is 0 Å². The average molecular weight is 225 g/mol. The van der Waals surface area contributed by atoms with Gasteiger partial charge >= 0.3 is 0 Å². The van der Waals surface area contributed by atoms with Gasteiger partial charge in [-0.2, -0.15) is 0 Å². The van der Waals surface area contributed by atoms with Crippen molar-refractivity contribution in [1.29, 1.82) is 0 Å². The third kappa shape index (κ3) is 5.58. The van der Waals surface area contributed by atoms with Crippen molar-refractivity contribution in [2.24, 2.45) is 17.8 Å². The van der Waals surface area contributed by atoms with E-state index in [1.54, 1.807) is 0 Å². The van der Waals surface area contributed by atoms with Gasteiger partial charge in [-0.3, -0.25) is 0 Å². The molecule has 0 heterocycles. The third-order valence-electron chi connectivity index (χ3n) is 3.70. The summed E-state index contributed by atoms with van der Waals surface area (Å²) in [4.78, 5) is 2.33. The van der Waals surface area contributed by atoms with Crippen molar-refractivity contribution in [1.82, 2.24) is 4.90 Å². The standard InChI is InChI=1S/C15H31N/c1-8-9-10-13(4)14(5)11-16(7)15(6)12(2)3/h12-14H,6,8-11H2,1-5,7H3. The lowest BCUT2D eigenvalue weighted by Gasteiger charge is -2.30. The van der Waals surface area contributed by atoms with E-state index in [2.05, 4.69) is 53.1 Å². The van der Waals surface area contributed by atoms with E-state index < -0.39 is 0 Å². The first-order chi connectivity index (χ1) is 7.40. The third-order valence-corrected chi connectivity index (χ3v) is 3.70. The molecule has 16 heavy (non-hydrogen) atoms. The summed E-state index contributed by atoms with van der Waals surface area (Å²) in [5, 5.41) is 0. The zero-order valence-electron chi connectivity index (χ0n) is 12.2. The van der Waals surface area contributed by atoms with Crippen LogP contribution in [0, 0.1) is 17.8 Å². The normalized spacial score (nSPS) is 14.9. The predicted octanol–water partition coefficient (Wildman–Crippen LogP) is 4.55. The molecule has 2 unspecified atom stereocenters. The maximum Gasteiger partial charge on any atom is 0.0199 e. The van der Waals surface area contributed by atoms with Gasteiger partial charge in [-0.15, -0.1) is 0 Å². The van der Waals surface area contributed by atoms with Crippen LogP contribution in [-0.4, -0.2) is 18.5 Å². The minimum atomic E-state index is 0.558. The fourth-order valence-corrected chi connectivity index (χ4v) is 1.98. The quantitative estimate of drug-likeness (QED) is 0.586. The van der Waals surface area contributed by atoms with Gasteiger partial charge in [0.2, 0.25) is 0 Å². The average Bonchev–Trinajstić information content (AvgIpc) is 2.24. The Kier molecular flexibility index (Phi) is 7.53. The van der Waals surface area contributed by atoms with Crippen LogP contribution in [0.15, 0.2) is 12.3 Å². The molecule has 0 aliphatic carbocycles. The lowest BCUT2D eigenvalue weighted by atomic mass is 9.90. The van der Waals surface area contributed by atoms with Crippen molar-refractivity contribution in [3.63, 3.8) is 0 Å². The molecule has 0 amide bonds. The molecule has 2 atom stereocenters. The van der Waals surface area contributed by atoms with Crippen LogP contribution in [0.25, 0.3) is 0 Å². The maximum atomic E-state index is 4.15. The van der Waals surface area contributed by atoms with Crippen LogP contribution < -0.4 is 0 Å². The van der Waals surface area contributed by atoms with Crippen molar-refractivity contribution >= 4 is 0 Å². The summed E-state index contributed by atoms with van der Waals surface area (Å²) in [5.74, 6) is 2.14. The van der Waals surface area contributed by atoms with Crippen LogP contribution in [0.2, 0.25) is 0 Å². The molecule has 0 fully saturated rings. The van der Waals surface area contributed by atoms with E-state index in [4.69, 9.17) is 0 Å². The molecule has 0 aliphatic rings. The number of hydrogen-bond acceptors (Lipinski definition) is 1. The highest BCUT2D eigenvalue weighted by atomic mass is 15.1. The van der Waals surface area contributed by atoms with Crippen LogP contribution in [0.4, 0.5) is 0 Å². The minimum absolute atomic E-state index is 0.558. The Morgan fingerprint density at radius 1 is 1.12 bits per heavy atom. The lowest BCUT2D eigenvalue weighted by molar-refractivity contribution is 0.255. The highest BCUT2D eigenvalue weighted by Gasteiger charge is 2.15. The zero-order chi connectivity index (χ0) is 12.7. The molecular formula is C15H31N. The van der Waals surface area contributed by atoms with Crippen molar-refractivity contribution in [3.05, 3.63) is 12.3 Å².